The molecule has 0 aliphatic rings. The van der Waals surface area contributed by atoms with Crippen molar-refractivity contribution in [1.29, 1.82) is 0 Å². The molecule has 1 aromatic heterocycles. The Morgan fingerprint density at radius 2 is 2.05 bits per heavy atom. The number of rotatable bonds is 8. The molecule has 0 spiro atoms. The van der Waals surface area contributed by atoms with Crippen LogP contribution in [0.5, 0.6) is 5.75 Å². The number of methoxy groups -OCH3 is 2. The lowest BCUT2D eigenvalue weighted by Gasteiger charge is -2.08. The first-order valence-corrected chi connectivity index (χ1v) is 6.95. The number of tetrazole rings is 1. The number of nitrogens with two attached hydrogens (primary N) is 1. The predicted molar refractivity (Wildman–Crippen MR) is 79.9 cm³/mol. The van der Waals surface area contributed by atoms with E-state index in [2.05, 4.69) is 15.5 Å². The summed E-state index contributed by atoms with van der Waals surface area (Å²) in [5, 5.41) is 11.9. The number of aryl methyl sites for hydroxylation is 1. The summed E-state index contributed by atoms with van der Waals surface area (Å²) in [5.74, 6) is 1.37. The summed E-state index contributed by atoms with van der Waals surface area (Å²) in [6.07, 6.45) is 3.13. The first-order chi connectivity index (χ1) is 10.3. The van der Waals surface area contributed by atoms with Crippen LogP contribution in [0, 0.1) is 0 Å². The Labute approximate surface area is 124 Å². The molecule has 114 valence electrons. The van der Waals surface area contributed by atoms with Gasteiger partial charge in [-0.2, -0.15) is 0 Å². The number of benzene rings is 1. The molecule has 1 heterocycles. The SMILES string of the molecule is COCCCCCn1nnnc1-c1ccc(OC)c(N)c1. The van der Waals surface area contributed by atoms with Crippen molar-refractivity contribution in [3.05, 3.63) is 18.2 Å². The molecule has 0 amide bonds. The number of hydrogen-bond acceptors (Lipinski definition) is 6. The second-order valence-corrected chi connectivity index (χ2v) is 4.74. The van der Waals surface area contributed by atoms with Gasteiger partial charge in [-0.1, -0.05) is 0 Å². The van der Waals surface area contributed by atoms with Gasteiger partial charge in [0, 0.05) is 25.8 Å². The highest BCUT2D eigenvalue weighted by atomic mass is 16.5. The van der Waals surface area contributed by atoms with Crippen LogP contribution >= 0.6 is 0 Å². The fourth-order valence-electron chi connectivity index (χ4n) is 2.12. The number of ether oxygens (including phenoxy) is 2. The van der Waals surface area contributed by atoms with E-state index < -0.39 is 0 Å². The fraction of sp³-hybridized carbons (Fsp3) is 0.500. The van der Waals surface area contributed by atoms with Crippen LogP contribution in [0.15, 0.2) is 18.2 Å². The number of unbranched alkanes of at least 4 members (excludes halogenated alkanes) is 2. The van der Waals surface area contributed by atoms with Gasteiger partial charge in [-0.15, -0.1) is 5.10 Å². The van der Waals surface area contributed by atoms with Crippen LogP contribution < -0.4 is 10.5 Å². The lowest BCUT2D eigenvalue weighted by molar-refractivity contribution is 0.191. The van der Waals surface area contributed by atoms with Crippen molar-refractivity contribution < 1.29 is 9.47 Å². The standard InChI is InChI=1S/C14H21N5O2/c1-20-9-5-3-4-8-19-14(16-17-18-19)11-6-7-13(21-2)12(15)10-11/h6-7,10H,3-5,8-9,15H2,1-2H3. The maximum Gasteiger partial charge on any atom is 0.182 e. The van der Waals surface area contributed by atoms with Crippen LogP contribution in [0.2, 0.25) is 0 Å². The van der Waals surface area contributed by atoms with Crippen molar-refractivity contribution in [2.75, 3.05) is 26.6 Å². The van der Waals surface area contributed by atoms with Gasteiger partial charge in [0.25, 0.3) is 0 Å². The Balaban J connectivity index is 2.04. The molecule has 0 radical (unpaired) electrons. The monoisotopic (exact) mass is 291 g/mol. The predicted octanol–water partition coefficient (Wildman–Crippen LogP) is 1.75. The quantitative estimate of drug-likeness (QED) is 0.589. The summed E-state index contributed by atoms with van der Waals surface area (Å²) in [4.78, 5) is 0. The van der Waals surface area contributed by atoms with E-state index in [9.17, 15) is 0 Å². The van der Waals surface area contributed by atoms with Crippen LogP contribution in [-0.4, -0.2) is 41.0 Å². The molecule has 0 saturated heterocycles. The van der Waals surface area contributed by atoms with Crippen molar-refractivity contribution in [3.63, 3.8) is 0 Å². The van der Waals surface area contributed by atoms with Gasteiger partial charge >= 0.3 is 0 Å². The Bertz CT molecular complexity index is 570. The number of hydrogen-bond donors (Lipinski definition) is 1. The first kappa shape index (κ1) is 15.2. The molecular formula is C14H21N5O2. The molecule has 1 aromatic carbocycles. The molecule has 2 N–H and O–H groups in total. The molecule has 0 saturated carbocycles. The Morgan fingerprint density at radius 3 is 2.76 bits per heavy atom. The average Bonchev–Trinajstić information content (AvgIpc) is 2.95. The normalized spacial score (nSPS) is 10.8. The molecule has 2 aromatic rings. The van der Waals surface area contributed by atoms with E-state index in [0.717, 1.165) is 43.8 Å². The number of aromatic nitrogens is 4. The summed E-state index contributed by atoms with van der Waals surface area (Å²) >= 11 is 0. The minimum absolute atomic E-state index is 0.574. The van der Waals surface area contributed by atoms with Crippen LogP contribution in [0.25, 0.3) is 11.4 Å². The van der Waals surface area contributed by atoms with Crippen LogP contribution in [-0.2, 0) is 11.3 Å². The topological polar surface area (TPSA) is 88.1 Å². The smallest absolute Gasteiger partial charge is 0.182 e. The van der Waals surface area contributed by atoms with E-state index in [1.54, 1.807) is 18.9 Å². The molecule has 0 aliphatic carbocycles. The number of anilines is 1. The van der Waals surface area contributed by atoms with E-state index in [-0.39, 0.29) is 0 Å². The lowest BCUT2D eigenvalue weighted by Crippen LogP contribution is -2.04. The van der Waals surface area contributed by atoms with Gasteiger partial charge in [-0.3, -0.25) is 0 Å². The van der Waals surface area contributed by atoms with Crippen molar-refractivity contribution in [2.45, 2.75) is 25.8 Å². The van der Waals surface area contributed by atoms with Gasteiger partial charge in [-0.25, -0.2) is 4.68 Å². The van der Waals surface area contributed by atoms with Crippen molar-refractivity contribution in [1.82, 2.24) is 20.2 Å². The summed E-state index contributed by atoms with van der Waals surface area (Å²) in [6.45, 7) is 1.56. The van der Waals surface area contributed by atoms with E-state index >= 15 is 0 Å². The largest absolute Gasteiger partial charge is 0.495 e. The molecule has 2 rings (SSSR count). The van der Waals surface area contributed by atoms with Crippen molar-refractivity contribution in [3.8, 4) is 17.1 Å². The van der Waals surface area contributed by atoms with Crippen LogP contribution in [0.4, 0.5) is 5.69 Å². The summed E-state index contributed by atoms with van der Waals surface area (Å²) < 4.78 is 12.0. The summed E-state index contributed by atoms with van der Waals surface area (Å²) in [5.41, 5.74) is 7.38. The molecule has 0 aliphatic heterocycles. The minimum atomic E-state index is 0.574. The fourth-order valence-corrected chi connectivity index (χ4v) is 2.12. The van der Waals surface area contributed by atoms with Crippen LogP contribution in [0.3, 0.4) is 0 Å². The van der Waals surface area contributed by atoms with Crippen molar-refractivity contribution >= 4 is 5.69 Å². The van der Waals surface area contributed by atoms with Gasteiger partial charge in [0.15, 0.2) is 5.82 Å². The van der Waals surface area contributed by atoms with Gasteiger partial charge < -0.3 is 15.2 Å². The Kier molecular flexibility index (Phi) is 5.51. The zero-order chi connectivity index (χ0) is 15.1. The van der Waals surface area contributed by atoms with Gasteiger partial charge in [0.2, 0.25) is 0 Å². The molecule has 0 unspecified atom stereocenters. The summed E-state index contributed by atoms with van der Waals surface area (Å²) in [6, 6.07) is 5.55. The second kappa shape index (κ2) is 7.58. The highest BCUT2D eigenvalue weighted by Gasteiger charge is 2.10. The zero-order valence-electron chi connectivity index (χ0n) is 12.5. The molecule has 21 heavy (non-hydrogen) atoms. The first-order valence-electron chi connectivity index (χ1n) is 6.95. The maximum atomic E-state index is 5.93. The van der Waals surface area contributed by atoms with Gasteiger partial charge in [0.1, 0.15) is 5.75 Å². The van der Waals surface area contributed by atoms with Crippen molar-refractivity contribution in [2.24, 2.45) is 0 Å². The third-order valence-electron chi connectivity index (χ3n) is 3.24. The van der Waals surface area contributed by atoms with E-state index in [1.165, 1.54) is 0 Å². The highest BCUT2D eigenvalue weighted by Crippen LogP contribution is 2.26. The average molecular weight is 291 g/mol. The maximum absolute atomic E-state index is 5.93. The molecule has 7 nitrogen and oxygen atoms in total. The Morgan fingerprint density at radius 1 is 1.19 bits per heavy atom. The van der Waals surface area contributed by atoms with E-state index in [0.29, 0.717) is 11.4 Å². The molecule has 0 fully saturated rings. The Hall–Kier alpha value is -2.15. The second-order valence-electron chi connectivity index (χ2n) is 4.74. The molecular weight excluding hydrogens is 270 g/mol. The molecule has 7 heteroatoms. The zero-order valence-corrected chi connectivity index (χ0v) is 12.5. The van der Waals surface area contributed by atoms with Gasteiger partial charge in [0.05, 0.1) is 12.8 Å². The summed E-state index contributed by atoms with van der Waals surface area (Å²) in [7, 11) is 3.31. The number of nitrogens with zero attached hydrogens (tertiary/aromatic N) is 4. The van der Waals surface area contributed by atoms with Crippen LogP contribution in [0.1, 0.15) is 19.3 Å². The third-order valence-corrected chi connectivity index (χ3v) is 3.24. The minimum Gasteiger partial charge on any atom is -0.495 e. The third kappa shape index (κ3) is 3.91. The highest BCUT2D eigenvalue weighted by molar-refractivity contribution is 5.66. The number of nitrogen functional groups attached to an aromatic ring is 1. The molecule has 0 atom stereocenters. The van der Waals surface area contributed by atoms with E-state index in [4.69, 9.17) is 15.2 Å². The molecule has 0 bridgehead atoms. The lowest BCUT2D eigenvalue weighted by atomic mass is 10.1. The van der Waals surface area contributed by atoms with E-state index in [1.807, 2.05) is 18.2 Å². The van der Waals surface area contributed by atoms with Gasteiger partial charge in [-0.05, 0) is 47.9 Å².